The molecular weight excluding hydrogens is 425 g/mol. The Labute approximate surface area is 163 Å². The second kappa shape index (κ2) is 7.59. The summed E-state index contributed by atoms with van der Waals surface area (Å²) in [6, 6.07) is 5.52. The van der Waals surface area contributed by atoms with Gasteiger partial charge in [0.1, 0.15) is 11.9 Å². The molecule has 9 heteroatoms. The Hall–Kier alpha value is -2.19. The lowest BCUT2D eigenvalue weighted by Crippen LogP contribution is -2.24. The highest BCUT2D eigenvalue weighted by Crippen LogP contribution is 2.20. The number of halogens is 3. The molecule has 0 aliphatic rings. The van der Waals surface area contributed by atoms with Crippen molar-refractivity contribution < 1.29 is 9.18 Å². The average molecular weight is 441 g/mol. The molecule has 3 rings (SSSR count). The van der Waals surface area contributed by atoms with E-state index in [4.69, 9.17) is 11.6 Å². The summed E-state index contributed by atoms with van der Waals surface area (Å²) in [4.78, 5) is 12.4. The van der Waals surface area contributed by atoms with Crippen LogP contribution in [0.1, 0.15) is 24.2 Å². The van der Waals surface area contributed by atoms with E-state index in [1.807, 2.05) is 6.92 Å². The van der Waals surface area contributed by atoms with Crippen molar-refractivity contribution in [1.82, 2.24) is 19.6 Å². The molecule has 3 aromatic rings. The Balaban J connectivity index is 1.72. The fourth-order valence-corrected chi connectivity index (χ4v) is 2.95. The van der Waals surface area contributed by atoms with Crippen molar-refractivity contribution in [3.8, 4) is 0 Å². The highest BCUT2D eigenvalue weighted by molar-refractivity contribution is 9.10. The zero-order chi connectivity index (χ0) is 18.8. The number of carbonyl (C=O) groups excluding carboxylic acids is 1. The van der Waals surface area contributed by atoms with Gasteiger partial charge < -0.3 is 5.32 Å². The topological polar surface area (TPSA) is 64.7 Å². The first-order valence-electron chi connectivity index (χ1n) is 7.82. The number of nitrogens with one attached hydrogen (secondary N) is 1. The Morgan fingerprint density at radius 1 is 1.42 bits per heavy atom. The molecule has 1 amide bonds. The number of aryl methyl sites for hydroxylation is 1. The third-order valence-corrected chi connectivity index (χ3v) is 4.68. The molecule has 0 saturated carbocycles. The van der Waals surface area contributed by atoms with Crippen LogP contribution >= 0.6 is 27.5 Å². The van der Waals surface area contributed by atoms with E-state index in [2.05, 4.69) is 31.4 Å². The minimum atomic E-state index is -0.488. The quantitative estimate of drug-likeness (QED) is 0.647. The van der Waals surface area contributed by atoms with E-state index in [0.717, 1.165) is 15.7 Å². The third-order valence-electron chi connectivity index (χ3n) is 3.91. The predicted molar refractivity (Wildman–Crippen MR) is 101 cm³/mol. The first kappa shape index (κ1) is 18.6. The first-order valence-corrected chi connectivity index (χ1v) is 8.99. The van der Waals surface area contributed by atoms with Gasteiger partial charge in [0.05, 0.1) is 17.2 Å². The van der Waals surface area contributed by atoms with Crippen LogP contribution in [0.4, 0.5) is 10.2 Å². The van der Waals surface area contributed by atoms with Crippen LogP contribution in [-0.2, 0) is 11.3 Å². The van der Waals surface area contributed by atoms with Gasteiger partial charge in [0.2, 0.25) is 5.91 Å². The summed E-state index contributed by atoms with van der Waals surface area (Å²) >= 11 is 9.38. The van der Waals surface area contributed by atoms with Gasteiger partial charge in [0, 0.05) is 23.0 Å². The number of amides is 1. The summed E-state index contributed by atoms with van der Waals surface area (Å²) in [7, 11) is 0. The molecule has 0 spiro atoms. The van der Waals surface area contributed by atoms with Gasteiger partial charge in [-0.15, -0.1) is 0 Å². The van der Waals surface area contributed by atoms with Crippen molar-refractivity contribution in [3.63, 3.8) is 0 Å². The molecular formula is C17H16BrClFN5O. The third kappa shape index (κ3) is 4.13. The number of rotatable bonds is 5. The van der Waals surface area contributed by atoms with Crippen LogP contribution in [0.25, 0.3) is 0 Å². The lowest BCUT2D eigenvalue weighted by Gasteiger charge is -2.11. The predicted octanol–water partition coefficient (Wildman–Crippen LogP) is 4.19. The Morgan fingerprint density at radius 3 is 2.85 bits per heavy atom. The summed E-state index contributed by atoms with van der Waals surface area (Å²) in [6.07, 6.45) is 3.35. The van der Waals surface area contributed by atoms with Gasteiger partial charge in [-0.3, -0.25) is 14.2 Å². The lowest BCUT2D eigenvalue weighted by atomic mass is 10.2. The first-order chi connectivity index (χ1) is 12.3. The summed E-state index contributed by atoms with van der Waals surface area (Å²) in [5, 5.41) is 11.6. The van der Waals surface area contributed by atoms with Crippen molar-refractivity contribution in [2.45, 2.75) is 26.4 Å². The Bertz CT molecular complexity index is 955. The van der Waals surface area contributed by atoms with Gasteiger partial charge in [-0.1, -0.05) is 17.7 Å². The van der Waals surface area contributed by atoms with Crippen molar-refractivity contribution in [2.24, 2.45) is 0 Å². The zero-order valence-corrected chi connectivity index (χ0v) is 16.4. The van der Waals surface area contributed by atoms with Crippen LogP contribution in [0, 0.1) is 12.7 Å². The summed E-state index contributed by atoms with van der Waals surface area (Å²) in [5.74, 6) is -0.183. The minimum Gasteiger partial charge on any atom is -0.307 e. The molecule has 1 unspecified atom stereocenters. The van der Waals surface area contributed by atoms with E-state index >= 15 is 0 Å². The lowest BCUT2D eigenvalue weighted by molar-refractivity contribution is -0.119. The number of hydrogen-bond acceptors (Lipinski definition) is 3. The summed E-state index contributed by atoms with van der Waals surface area (Å²) < 4.78 is 17.2. The van der Waals surface area contributed by atoms with Gasteiger partial charge in [-0.2, -0.15) is 10.2 Å². The molecule has 0 aliphatic carbocycles. The molecule has 6 nitrogen and oxygen atoms in total. The Morgan fingerprint density at radius 2 is 2.19 bits per heavy atom. The van der Waals surface area contributed by atoms with Gasteiger partial charge in [-0.25, -0.2) is 4.39 Å². The van der Waals surface area contributed by atoms with Crippen molar-refractivity contribution in [2.75, 3.05) is 5.32 Å². The standard InChI is InChI=1S/C17H16BrClFN5O/c1-10-5-16(22-17(26)11(2)25-9-13(18)7-21-25)23-24(10)8-12-3-4-14(20)6-15(12)19/h3-7,9,11H,8H2,1-2H3,(H,22,23,26). The van der Waals surface area contributed by atoms with Gasteiger partial charge >= 0.3 is 0 Å². The summed E-state index contributed by atoms with van der Waals surface area (Å²) in [6.45, 7) is 3.99. The van der Waals surface area contributed by atoms with Gasteiger partial charge in [0.15, 0.2) is 5.82 Å². The smallest absolute Gasteiger partial charge is 0.250 e. The van der Waals surface area contributed by atoms with Crippen LogP contribution in [0.2, 0.25) is 5.02 Å². The molecule has 2 aromatic heterocycles. The molecule has 1 N–H and O–H groups in total. The maximum atomic E-state index is 13.2. The molecule has 0 fully saturated rings. The second-order valence-corrected chi connectivity index (χ2v) is 7.19. The van der Waals surface area contributed by atoms with Crippen molar-refractivity contribution in [3.05, 3.63) is 63.2 Å². The van der Waals surface area contributed by atoms with E-state index in [-0.39, 0.29) is 11.7 Å². The van der Waals surface area contributed by atoms with E-state index in [1.54, 1.807) is 40.8 Å². The second-order valence-electron chi connectivity index (χ2n) is 5.87. The van der Waals surface area contributed by atoms with E-state index in [1.165, 1.54) is 12.1 Å². The van der Waals surface area contributed by atoms with Gasteiger partial charge in [-0.05, 0) is 47.5 Å². The number of benzene rings is 1. The van der Waals surface area contributed by atoms with Crippen LogP contribution in [0.5, 0.6) is 0 Å². The van der Waals surface area contributed by atoms with E-state index in [0.29, 0.717) is 17.4 Å². The van der Waals surface area contributed by atoms with Crippen LogP contribution in [-0.4, -0.2) is 25.5 Å². The van der Waals surface area contributed by atoms with Crippen LogP contribution in [0.3, 0.4) is 0 Å². The largest absolute Gasteiger partial charge is 0.307 e. The molecule has 0 aliphatic heterocycles. The highest BCUT2D eigenvalue weighted by atomic mass is 79.9. The number of carbonyl (C=O) groups is 1. The summed E-state index contributed by atoms with van der Waals surface area (Å²) in [5.41, 5.74) is 1.59. The normalized spacial score (nSPS) is 12.2. The zero-order valence-electron chi connectivity index (χ0n) is 14.1. The SMILES string of the molecule is Cc1cc(NC(=O)C(C)n2cc(Br)cn2)nn1Cc1ccc(F)cc1Cl. The minimum absolute atomic E-state index is 0.231. The van der Waals surface area contributed by atoms with Crippen molar-refractivity contribution >= 4 is 39.3 Å². The highest BCUT2D eigenvalue weighted by Gasteiger charge is 2.18. The van der Waals surface area contributed by atoms with Crippen molar-refractivity contribution in [1.29, 1.82) is 0 Å². The monoisotopic (exact) mass is 439 g/mol. The van der Waals surface area contributed by atoms with Crippen LogP contribution in [0.15, 0.2) is 41.1 Å². The number of hydrogen-bond donors (Lipinski definition) is 1. The molecule has 0 radical (unpaired) electrons. The fourth-order valence-electron chi connectivity index (χ4n) is 2.42. The molecule has 1 atom stereocenters. The molecule has 0 bridgehead atoms. The van der Waals surface area contributed by atoms with Crippen LogP contribution < -0.4 is 5.32 Å². The molecule has 1 aromatic carbocycles. The van der Waals surface area contributed by atoms with Gasteiger partial charge in [0.25, 0.3) is 0 Å². The maximum absolute atomic E-state index is 13.2. The Kier molecular flexibility index (Phi) is 5.43. The molecule has 2 heterocycles. The van der Waals surface area contributed by atoms with E-state index < -0.39 is 6.04 Å². The van der Waals surface area contributed by atoms with E-state index in [9.17, 15) is 9.18 Å². The number of aromatic nitrogens is 4. The number of nitrogens with zero attached hydrogens (tertiary/aromatic N) is 4. The fraction of sp³-hybridized carbons (Fsp3) is 0.235. The number of anilines is 1. The molecule has 136 valence electrons. The average Bonchev–Trinajstić information content (AvgIpc) is 3.15. The maximum Gasteiger partial charge on any atom is 0.250 e. The molecule has 0 saturated heterocycles. The molecule has 26 heavy (non-hydrogen) atoms.